The first-order valence-electron chi connectivity index (χ1n) is 6.43. The summed E-state index contributed by atoms with van der Waals surface area (Å²) in [6.07, 6.45) is 2.51. The summed E-state index contributed by atoms with van der Waals surface area (Å²) in [6, 6.07) is 10.7. The number of benzene rings is 1. The van der Waals surface area contributed by atoms with Crippen molar-refractivity contribution < 1.29 is 0 Å². The van der Waals surface area contributed by atoms with E-state index in [4.69, 9.17) is 5.73 Å². The first-order chi connectivity index (χ1) is 8.29. The minimum Gasteiger partial charge on any atom is -0.327 e. The summed E-state index contributed by atoms with van der Waals surface area (Å²) in [6.45, 7) is 8.08. The van der Waals surface area contributed by atoms with Gasteiger partial charge in [0.15, 0.2) is 0 Å². The summed E-state index contributed by atoms with van der Waals surface area (Å²) < 4.78 is 0. The van der Waals surface area contributed by atoms with Crippen molar-refractivity contribution >= 4 is 0 Å². The van der Waals surface area contributed by atoms with Gasteiger partial charge in [0.25, 0.3) is 0 Å². The standard InChI is InChI=1S/C15H22N2/c1-13(10-16)15-8-5-9-17(12-15)11-14-6-3-2-4-7-14/h2-4,6-7,15H,1,5,8-12,16H2. The molecule has 2 heteroatoms. The lowest BCUT2D eigenvalue weighted by atomic mass is 9.91. The van der Waals surface area contributed by atoms with Crippen LogP contribution in [0, 0.1) is 5.92 Å². The van der Waals surface area contributed by atoms with Gasteiger partial charge in [0.1, 0.15) is 0 Å². The molecule has 1 aromatic rings. The molecule has 0 saturated carbocycles. The fourth-order valence-corrected chi connectivity index (χ4v) is 2.54. The Balaban J connectivity index is 1.92. The third-order valence-electron chi connectivity index (χ3n) is 3.59. The smallest absolute Gasteiger partial charge is 0.0233 e. The maximum Gasteiger partial charge on any atom is 0.0233 e. The van der Waals surface area contributed by atoms with Gasteiger partial charge in [-0.1, -0.05) is 42.5 Å². The number of likely N-dealkylation sites (tertiary alicyclic amines) is 1. The quantitative estimate of drug-likeness (QED) is 0.805. The van der Waals surface area contributed by atoms with Gasteiger partial charge in [0.05, 0.1) is 0 Å². The van der Waals surface area contributed by atoms with Crippen LogP contribution in [0.2, 0.25) is 0 Å². The summed E-state index contributed by atoms with van der Waals surface area (Å²) in [5, 5.41) is 0. The second-order valence-electron chi connectivity index (χ2n) is 4.92. The molecular formula is C15H22N2. The molecule has 2 N–H and O–H groups in total. The molecule has 0 spiro atoms. The highest BCUT2D eigenvalue weighted by Crippen LogP contribution is 2.23. The van der Waals surface area contributed by atoms with Crippen LogP contribution in [0.1, 0.15) is 18.4 Å². The van der Waals surface area contributed by atoms with Crippen molar-refractivity contribution in [2.45, 2.75) is 19.4 Å². The Bertz CT molecular complexity index is 358. The zero-order valence-electron chi connectivity index (χ0n) is 10.4. The van der Waals surface area contributed by atoms with Crippen molar-refractivity contribution in [1.82, 2.24) is 4.90 Å². The molecule has 1 atom stereocenters. The second kappa shape index (κ2) is 5.99. The predicted octanol–water partition coefficient (Wildman–Crippen LogP) is 2.41. The Morgan fingerprint density at radius 1 is 1.35 bits per heavy atom. The summed E-state index contributed by atoms with van der Waals surface area (Å²) in [7, 11) is 0. The number of hydrogen-bond donors (Lipinski definition) is 1. The Labute approximate surface area is 104 Å². The molecule has 0 aromatic heterocycles. The van der Waals surface area contributed by atoms with E-state index in [2.05, 4.69) is 41.8 Å². The van der Waals surface area contributed by atoms with Crippen molar-refractivity contribution in [3.8, 4) is 0 Å². The maximum absolute atomic E-state index is 5.68. The van der Waals surface area contributed by atoms with Gasteiger partial charge in [-0.15, -0.1) is 0 Å². The minimum atomic E-state index is 0.595. The Hall–Kier alpha value is -1.12. The highest BCUT2D eigenvalue weighted by Gasteiger charge is 2.21. The SMILES string of the molecule is C=C(CN)C1CCCN(Cc2ccccc2)C1. The number of piperidine rings is 1. The number of nitrogens with zero attached hydrogens (tertiary/aromatic N) is 1. The topological polar surface area (TPSA) is 29.3 Å². The van der Waals surface area contributed by atoms with Crippen molar-refractivity contribution in [1.29, 1.82) is 0 Å². The first kappa shape index (κ1) is 12.3. The molecule has 1 aliphatic heterocycles. The molecule has 2 rings (SSSR count). The maximum atomic E-state index is 5.68. The third kappa shape index (κ3) is 3.42. The summed E-state index contributed by atoms with van der Waals surface area (Å²) >= 11 is 0. The normalized spacial score (nSPS) is 21.4. The Morgan fingerprint density at radius 2 is 2.12 bits per heavy atom. The van der Waals surface area contributed by atoms with E-state index in [1.165, 1.54) is 30.5 Å². The molecule has 1 saturated heterocycles. The molecule has 1 fully saturated rings. The summed E-state index contributed by atoms with van der Waals surface area (Å²) in [5.74, 6) is 0.595. The average Bonchev–Trinajstić information content (AvgIpc) is 2.39. The summed E-state index contributed by atoms with van der Waals surface area (Å²) in [4.78, 5) is 2.52. The molecular weight excluding hydrogens is 208 g/mol. The molecule has 0 aliphatic carbocycles. The molecule has 2 nitrogen and oxygen atoms in total. The molecule has 1 unspecified atom stereocenters. The van der Waals surface area contributed by atoms with Gasteiger partial charge in [-0.3, -0.25) is 4.90 Å². The van der Waals surface area contributed by atoms with Gasteiger partial charge in [0, 0.05) is 19.6 Å². The van der Waals surface area contributed by atoms with E-state index in [0.717, 1.165) is 13.1 Å². The second-order valence-corrected chi connectivity index (χ2v) is 4.92. The zero-order valence-corrected chi connectivity index (χ0v) is 10.4. The fraction of sp³-hybridized carbons (Fsp3) is 0.467. The lowest BCUT2D eigenvalue weighted by Gasteiger charge is -2.33. The molecule has 0 bridgehead atoms. The third-order valence-corrected chi connectivity index (χ3v) is 3.59. The monoisotopic (exact) mass is 230 g/mol. The lowest BCUT2D eigenvalue weighted by Crippen LogP contribution is -2.36. The van der Waals surface area contributed by atoms with Crippen LogP contribution in [0.5, 0.6) is 0 Å². The Morgan fingerprint density at radius 3 is 2.82 bits per heavy atom. The van der Waals surface area contributed by atoms with Gasteiger partial charge in [0.2, 0.25) is 0 Å². The molecule has 1 heterocycles. The van der Waals surface area contributed by atoms with Gasteiger partial charge in [-0.2, -0.15) is 0 Å². The van der Waals surface area contributed by atoms with Gasteiger partial charge >= 0.3 is 0 Å². The number of hydrogen-bond acceptors (Lipinski definition) is 2. The van der Waals surface area contributed by atoms with Crippen LogP contribution >= 0.6 is 0 Å². The van der Waals surface area contributed by atoms with Crippen LogP contribution in [0.3, 0.4) is 0 Å². The molecule has 17 heavy (non-hydrogen) atoms. The number of nitrogens with two attached hydrogens (primary N) is 1. The first-order valence-corrected chi connectivity index (χ1v) is 6.43. The average molecular weight is 230 g/mol. The van der Waals surface area contributed by atoms with E-state index in [1.54, 1.807) is 0 Å². The van der Waals surface area contributed by atoms with Gasteiger partial charge < -0.3 is 5.73 Å². The van der Waals surface area contributed by atoms with Crippen molar-refractivity contribution in [2.75, 3.05) is 19.6 Å². The largest absolute Gasteiger partial charge is 0.327 e. The van der Waals surface area contributed by atoms with Crippen LogP contribution < -0.4 is 5.73 Å². The van der Waals surface area contributed by atoms with E-state index >= 15 is 0 Å². The van der Waals surface area contributed by atoms with Crippen LogP contribution in [0.25, 0.3) is 0 Å². The summed E-state index contributed by atoms with van der Waals surface area (Å²) in [5.41, 5.74) is 8.29. The van der Waals surface area contributed by atoms with Crippen LogP contribution in [0.15, 0.2) is 42.5 Å². The molecule has 1 aliphatic rings. The minimum absolute atomic E-state index is 0.595. The predicted molar refractivity (Wildman–Crippen MR) is 72.6 cm³/mol. The van der Waals surface area contributed by atoms with E-state index in [1.807, 2.05) is 0 Å². The highest BCUT2D eigenvalue weighted by molar-refractivity contribution is 5.15. The van der Waals surface area contributed by atoms with E-state index in [9.17, 15) is 0 Å². The lowest BCUT2D eigenvalue weighted by molar-refractivity contribution is 0.183. The Kier molecular flexibility index (Phi) is 4.35. The van der Waals surface area contributed by atoms with Crippen LogP contribution in [-0.2, 0) is 6.54 Å². The van der Waals surface area contributed by atoms with E-state index < -0.39 is 0 Å². The molecule has 92 valence electrons. The zero-order chi connectivity index (χ0) is 12.1. The molecule has 0 radical (unpaired) electrons. The van der Waals surface area contributed by atoms with E-state index in [-0.39, 0.29) is 0 Å². The molecule has 1 aromatic carbocycles. The highest BCUT2D eigenvalue weighted by atomic mass is 15.1. The van der Waals surface area contributed by atoms with Crippen molar-refractivity contribution in [2.24, 2.45) is 11.7 Å². The fourth-order valence-electron chi connectivity index (χ4n) is 2.54. The molecule has 0 amide bonds. The van der Waals surface area contributed by atoms with Crippen molar-refractivity contribution in [3.63, 3.8) is 0 Å². The van der Waals surface area contributed by atoms with Gasteiger partial charge in [-0.05, 0) is 30.9 Å². The van der Waals surface area contributed by atoms with E-state index in [0.29, 0.717) is 12.5 Å². The van der Waals surface area contributed by atoms with Crippen LogP contribution in [0.4, 0.5) is 0 Å². The van der Waals surface area contributed by atoms with Crippen LogP contribution in [-0.4, -0.2) is 24.5 Å². The van der Waals surface area contributed by atoms with Crippen molar-refractivity contribution in [3.05, 3.63) is 48.0 Å². The van der Waals surface area contributed by atoms with Gasteiger partial charge in [-0.25, -0.2) is 0 Å². The number of rotatable bonds is 4.